The summed E-state index contributed by atoms with van der Waals surface area (Å²) < 4.78 is 6.22. The Labute approximate surface area is 147 Å². The van der Waals surface area contributed by atoms with Crippen molar-refractivity contribution in [3.05, 3.63) is 11.1 Å². The van der Waals surface area contributed by atoms with Crippen molar-refractivity contribution in [3.8, 4) is 0 Å². The topological polar surface area (TPSA) is 12.9 Å². The van der Waals surface area contributed by atoms with Crippen LogP contribution in [0.25, 0.3) is 0 Å². The molecule has 0 saturated carbocycles. The van der Waals surface area contributed by atoms with E-state index in [0.717, 1.165) is 0 Å². The molecule has 0 unspecified atom stereocenters. The average molecular weight is 430 g/mol. The van der Waals surface area contributed by atoms with Crippen LogP contribution < -0.4 is 3.02 Å². The van der Waals surface area contributed by atoms with Gasteiger partial charge in [0.15, 0.2) is 0 Å². The van der Waals surface area contributed by atoms with Gasteiger partial charge in [0.1, 0.15) is 0 Å². The van der Waals surface area contributed by atoms with E-state index in [1.807, 2.05) is 11.3 Å². The molecule has 22 heavy (non-hydrogen) atoms. The van der Waals surface area contributed by atoms with Crippen molar-refractivity contribution in [2.75, 3.05) is 0 Å². The third kappa shape index (κ3) is 5.81. The second-order valence-electron chi connectivity index (χ2n) is 7.88. The first-order chi connectivity index (χ1) is 10.4. The second-order valence-corrected chi connectivity index (χ2v) is 22.7. The first-order valence-electron chi connectivity index (χ1n) is 9.36. The number of aromatic nitrogens is 1. The fourth-order valence-electron chi connectivity index (χ4n) is 3.10. The van der Waals surface area contributed by atoms with Gasteiger partial charge < -0.3 is 0 Å². The van der Waals surface area contributed by atoms with Gasteiger partial charge in [0.25, 0.3) is 0 Å². The third-order valence-electron chi connectivity index (χ3n) is 4.75. The number of hydrogen-bond donors (Lipinski definition) is 0. The molecule has 1 nitrogen and oxygen atoms in total. The summed E-state index contributed by atoms with van der Waals surface area (Å²) in [4.78, 5) is 5.22. The summed E-state index contributed by atoms with van der Waals surface area (Å²) in [5, 5.41) is 2.37. The Kier molecular flexibility index (Phi) is 8.99. The predicted molar refractivity (Wildman–Crippen MR) is 105 cm³/mol. The summed E-state index contributed by atoms with van der Waals surface area (Å²) in [6.07, 6.45) is 8.30. The van der Waals surface area contributed by atoms with Crippen molar-refractivity contribution in [3.63, 3.8) is 0 Å². The van der Waals surface area contributed by atoms with Gasteiger partial charge in [-0.05, 0) is 0 Å². The molecule has 3 heteroatoms. The molecular weight excluding hydrogens is 393 g/mol. The normalized spacial score (nSPS) is 12.8. The van der Waals surface area contributed by atoms with Crippen LogP contribution >= 0.6 is 11.3 Å². The molecule has 0 amide bonds. The molecule has 1 aromatic heterocycles. The van der Waals surface area contributed by atoms with Crippen LogP contribution in [0.15, 0.2) is 5.38 Å². The molecule has 1 aromatic rings. The van der Waals surface area contributed by atoms with Crippen molar-refractivity contribution >= 4 is 32.7 Å². The molecule has 1 heterocycles. The monoisotopic (exact) mass is 431 g/mol. The summed E-state index contributed by atoms with van der Waals surface area (Å²) >= 11 is -0.253. The van der Waals surface area contributed by atoms with E-state index in [-0.39, 0.29) is 5.41 Å². The van der Waals surface area contributed by atoms with Crippen LogP contribution in [0.2, 0.25) is 13.3 Å². The number of unbranched alkanes of at least 4 members (excludes halogenated alkanes) is 3. The van der Waals surface area contributed by atoms with Crippen molar-refractivity contribution in [1.82, 2.24) is 4.98 Å². The van der Waals surface area contributed by atoms with Crippen LogP contribution in [0.3, 0.4) is 0 Å². The van der Waals surface area contributed by atoms with E-state index < -0.39 is 18.4 Å². The van der Waals surface area contributed by atoms with Gasteiger partial charge in [0.05, 0.1) is 0 Å². The van der Waals surface area contributed by atoms with Gasteiger partial charge >= 0.3 is 148 Å². The van der Waals surface area contributed by atoms with Crippen LogP contribution in [0.1, 0.15) is 85.8 Å². The Morgan fingerprint density at radius 1 is 0.909 bits per heavy atom. The van der Waals surface area contributed by atoms with E-state index in [1.54, 1.807) is 3.02 Å². The molecule has 1 rings (SSSR count). The Hall–Kier alpha value is 0.429. The molecule has 128 valence electrons. The SMILES string of the molecule is CCC[CH2][Sn]([CH2]CCC)([CH2]CCC)[c]1nc(C(C)(C)C)cs1. The summed E-state index contributed by atoms with van der Waals surface area (Å²) in [5.74, 6) is 0. The molecule has 0 aliphatic rings. The molecule has 0 fully saturated rings. The summed E-state index contributed by atoms with van der Waals surface area (Å²) in [5.41, 5.74) is 1.53. The molecule has 0 saturated heterocycles. The Morgan fingerprint density at radius 3 is 1.68 bits per heavy atom. The maximum atomic E-state index is 5.22. The quantitative estimate of drug-likeness (QED) is 0.387. The maximum absolute atomic E-state index is 5.22. The molecule has 0 aromatic carbocycles. The third-order valence-corrected chi connectivity index (χ3v) is 23.5. The van der Waals surface area contributed by atoms with Crippen LogP contribution in [0.5, 0.6) is 0 Å². The van der Waals surface area contributed by atoms with Crippen molar-refractivity contribution in [2.45, 2.75) is 98.8 Å². The molecule has 0 aliphatic carbocycles. The zero-order valence-corrected chi connectivity index (χ0v) is 19.5. The van der Waals surface area contributed by atoms with E-state index in [1.165, 1.54) is 57.5 Å². The fourth-order valence-corrected chi connectivity index (χ4v) is 22.6. The zero-order valence-electron chi connectivity index (χ0n) is 15.8. The number of rotatable bonds is 10. The molecule has 0 atom stereocenters. The van der Waals surface area contributed by atoms with Crippen LogP contribution in [-0.4, -0.2) is 23.4 Å². The number of hydrogen-bond acceptors (Lipinski definition) is 2. The first-order valence-corrected chi connectivity index (χ1v) is 17.7. The molecule has 0 bridgehead atoms. The molecule has 0 N–H and O–H groups in total. The van der Waals surface area contributed by atoms with E-state index in [9.17, 15) is 0 Å². The van der Waals surface area contributed by atoms with E-state index in [4.69, 9.17) is 4.98 Å². The second kappa shape index (κ2) is 9.66. The first kappa shape index (κ1) is 20.5. The number of nitrogens with zero attached hydrogens (tertiary/aromatic N) is 1. The minimum absolute atomic E-state index is 0.201. The van der Waals surface area contributed by atoms with Crippen LogP contribution in [0, 0.1) is 0 Å². The molecule has 0 aliphatic heterocycles. The van der Waals surface area contributed by atoms with Gasteiger partial charge in [-0.1, -0.05) is 0 Å². The molecular formula is C19H37NSSn. The zero-order chi connectivity index (χ0) is 16.6. The van der Waals surface area contributed by atoms with Crippen LogP contribution in [0.4, 0.5) is 0 Å². The molecule has 0 radical (unpaired) electrons. The fraction of sp³-hybridized carbons (Fsp3) is 0.842. The standard InChI is InChI=1S/C7H10NS.3C4H9.Sn/c1-7(2,3)6-4-9-5-8-6;3*1-3-4-2;/h4H,1-3H3;3*1,3-4H2,2H3;. The van der Waals surface area contributed by atoms with Crippen molar-refractivity contribution in [1.29, 1.82) is 0 Å². The van der Waals surface area contributed by atoms with Gasteiger partial charge in [-0.15, -0.1) is 0 Å². The van der Waals surface area contributed by atoms with Gasteiger partial charge in [-0.3, -0.25) is 0 Å². The van der Waals surface area contributed by atoms with Gasteiger partial charge in [0, 0.05) is 0 Å². The Balaban J connectivity index is 3.10. The molecule has 0 spiro atoms. The summed E-state index contributed by atoms with van der Waals surface area (Å²) in [6, 6.07) is 0. The number of thiazole rings is 1. The summed E-state index contributed by atoms with van der Waals surface area (Å²) in [7, 11) is 0. The van der Waals surface area contributed by atoms with Crippen molar-refractivity contribution in [2.24, 2.45) is 0 Å². The minimum atomic E-state index is -2.27. The summed E-state index contributed by atoms with van der Waals surface area (Å²) in [6.45, 7) is 13.9. The van der Waals surface area contributed by atoms with Gasteiger partial charge in [-0.2, -0.15) is 0 Å². The van der Waals surface area contributed by atoms with Gasteiger partial charge in [-0.25, -0.2) is 0 Å². The van der Waals surface area contributed by atoms with Gasteiger partial charge in [0.2, 0.25) is 0 Å². The van der Waals surface area contributed by atoms with Crippen molar-refractivity contribution < 1.29 is 0 Å². The van der Waals surface area contributed by atoms with E-state index >= 15 is 0 Å². The average Bonchev–Trinajstić information content (AvgIpc) is 2.97. The Bertz CT molecular complexity index is 398. The van der Waals surface area contributed by atoms with E-state index in [0.29, 0.717) is 0 Å². The predicted octanol–water partition coefficient (Wildman–Crippen LogP) is 6.50. The Morgan fingerprint density at radius 2 is 1.36 bits per heavy atom. The van der Waals surface area contributed by atoms with Crippen LogP contribution in [-0.2, 0) is 5.41 Å². The van der Waals surface area contributed by atoms with E-state index in [2.05, 4.69) is 46.9 Å².